The molecule has 0 heterocycles. The SMILES string of the molecule is CCC(C(=O)NC(C)(C)C)N(Cc1ccc(Cl)c(Cl)c1)C(=O)CN(c1ccc(Cl)cc1Cl)S(C)(=O)=O. The summed E-state index contributed by atoms with van der Waals surface area (Å²) in [4.78, 5) is 28.2. The number of anilines is 1. The minimum absolute atomic E-state index is 0.00224. The van der Waals surface area contributed by atoms with Crippen molar-refractivity contribution < 1.29 is 18.0 Å². The second-order valence-corrected chi connectivity index (χ2v) is 12.9. The molecule has 198 valence electrons. The summed E-state index contributed by atoms with van der Waals surface area (Å²) in [6.07, 6.45) is 1.26. The number of nitrogens with zero attached hydrogens (tertiary/aromatic N) is 2. The molecule has 0 aromatic heterocycles. The molecule has 0 bridgehead atoms. The standard InChI is InChI=1S/C24H29Cl4N3O4S/c1-6-20(23(33)29-24(2,3)4)30(13-15-7-9-17(26)18(27)11-15)22(32)14-31(36(5,34)35)21-10-8-16(25)12-19(21)28/h7-12,20H,6,13-14H2,1-5H3,(H,29,33). The zero-order valence-corrected chi connectivity index (χ0v) is 24.5. The zero-order chi connectivity index (χ0) is 27.4. The highest BCUT2D eigenvalue weighted by Gasteiger charge is 2.33. The van der Waals surface area contributed by atoms with Crippen LogP contribution in [0.25, 0.3) is 0 Å². The molecule has 7 nitrogen and oxygen atoms in total. The number of hydrogen-bond acceptors (Lipinski definition) is 4. The molecule has 0 spiro atoms. The minimum Gasteiger partial charge on any atom is -0.350 e. The van der Waals surface area contributed by atoms with Crippen molar-refractivity contribution in [1.29, 1.82) is 0 Å². The van der Waals surface area contributed by atoms with Gasteiger partial charge in [-0.15, -0.1) is 0 Å². The number of amides is 2. The molecule has 36 heavy (non-hydrogen) atoms. The summed E-state index contributed by atoms with van der Waals surface area (Å²) in [5.74, 6) is -0.970. The van der Waals surface area contributed by atoms with Crippen LogP contribution in [0.15, 0.2) is 36.4 Å². The van der Waals surface area contributed by atoms with Crippen molar-refractivity contribution in [3.05, 3.63) is 62.1 Å². The molecule has 0 saturated heterocycles. The smallest absolute Gasteiger partial charge is 0.244 e. The number of halogens is 4. The summed E-state index contributed by atoms with van der Waals surface area (Å²) in [5.41, 5.74) is 0.173. The van der Waals surface area contributed by atoms with E-state index < -0.39 is 34.1 Å². The summed E-state index contributed by atoms with van der Waals surface area (Å²) >= 11 is 24.4. The van der Waals surface area contributed by atoms with Gasteiger partial charge < -0.3 is 10.2 Å². The minimum atomic E-state index is -3.93. The van der Waals surface area contributed by atoms with Crippen molar-refractivity contribution in [1.82, 2.24) is 10.2 Å². The van der Waals surface area contributed by atoms with E-state index in [9.17, 15) is 18.0 Å². The van der Waals surface area contributed by atoms with Crippen LogP contribution >= 0.6 is 46.4 Å². The lowest BCUT2D eigenvalue weighted by molar-refractivity contribution is -0.141. The molecule has 2 aromatic rings. The highest BCUT2D eigenvalue weighted by atomic mass is 35.5. The molecule has 1 unspecified atom stereocenters. The molecule has 0 radical (unpaired) electrons. The molecule has 12 heteroatoms. The number of hydrogen-bond donors (Lipinski definition) is 1. The molecule has 2 amide bonds. The molecule has 0 aliphatic carbocycles. The van der Waals surface area contributed by atoms with Crippen molar-refractivity contribution in [3.8, 4) is 0 Å². The molecule has 0 saturated carbocycles. The second kappa shape index (κ2) is 12.2. The van der Waals surface area contributed by atoms with Crippen LogP contribution in [0.5, 0.6) is 0 Å². The van der Waals surface area contributed by atoms with Crippen LogP contribution < -0.4 is 9.62 Å². The Morgan fingerprint density at radius 2 is 1.61 bits per heavy atom. The Morgan fingerprint density at radius 3 is 2.11 bits per heavy atom. The van der Waals surface area contributed by atoms with Gasteiger partial charge in [-0.25, -0.2) is 8.42 Å². The van der Waals surface area contributed by atoms with E-state index in [-0.39, 0.29) is 29.6 Å². The lowest BCUT2D eigenvalue weighted by Gasteiger charge is -2.34. The van der Waals surface area contributed by atoms with Gasteiger partial charge in [-0.05, 0) is 63.1 Å². The maximum absolute atomic E-state index is 13.7. The Labute approximate surface area is 232 Å². The molecule has 2 rings (SSSR count). The lowest BCUT2D eigenvalue weighted by atomic mass is 10.1. The predicted molar refractivity (Wildman–Crippen MR) is 148 cm³/mol. The van der Waals surface area contributed by atoms with Crippen molar-refractivity contribution in [2.24, 2.45) is 0 Å². The molecule has 1 N–H and O–H groups in total. The van der Waals surface area contributed by atoms with Gasteiger partial charge in [0.2, 0.25) is 21.8 Å². The maximum atomic E-state index is 13.7. The number of benzene rings is 2. The number of carbonyl (C=O) groups excluding carboxylic acids is 2. The van der Waals surface area contributed by atoms with E-state index >= 15 is 0 Å². The van der Waals surface area contributed by atoms with Gasteiger partial charge >= 0.3 is 0 Å². The van der Waals surface area contributed by atoms with Crippen LogP contribution in [0.2, 0.25) is 20.1 Å². The average Bonchev–Trinajstić information content (AvgIpc) is 2.72. The number of sulfonamides is 1. The van der Waals surface area contributed by atoms with Crippen LogP contribution in [0, 0.1) is 0 Å². The zero-order valence-electron chi connectivity index (χ0n) is 20.6. The average molecular weight is 597 g/mol. The molecule has 0 fully saturated rings. The van der Waals surface area contributed by atoms with Gasteiger partial charge in [0.25, 0.3) is 0 Å². The molecule has 1 atom stereocenters. The second-order valence-electron chi connectivity index (χ2n) is 9.30. The van der Waals surface area contributed by atoms with Crippen molar-refractivity contribution in [3.63, 3.8) is 0 Å². The number of carbonyl (C=O) groups is 2. The van der Waals surface area contributed by atoms with Gasteiger partial charge in [0.15, 0.2) is 0 Å². The summed E-state index contributed by atoms with van der Waals surface area (Å²) in [6, 6.07) is 8.29. The highest BCUT2D eigenvalue weighted by Crippen LogP contribution is 2.31. The van der Waals surface area contributed by atoms with E-state index in [0.29, 0.717) is 20.6 Å². The van der Waals surface area contributed by atoms with Gasteiger partial charge in [0.05, 0.1) is 27.0 Å². The molecule has 0 aliphatic rings. The van der Waals surface area contributed by atoms with E-state index in [4.69, 9.17) is 46.4 Å². The van der Waals surface area contributed by atoms with Gasteiger partial charge in [-0.2, -0.15) is 0 Å². The third-order valence-electron chi connectivity index (χ3n) is 5.08. The predicted octanol–water partition coefficient (Wildman–Crippen LogP) is 5.79. The fourth-order valence-corrected chi connectivity index (χ4v) is 5.23. The molecule has 2 aromatic carbocycles. The molecular formula is C24H29Cl4N3O4S. The summed E-state index contributed by atoms with van der Waals surface area (Å²) in [7, 11) is -3.93. The summed E-state index contributed by atoms with van der Waals surface area (Å²) < 4.78 is 26.3. The number of nitrogens with one attached hydrogen (secondary N) is 1. The highest BCUT2D eigenvalue weighted by molar-refractivity contribution is 7.92. The third-order valence-corrected chi connectivity index (χ3v) is 7.48. The number of rotatable bonds is 9. The van der Waals surface area contributed by atoms with E-state index in [1.165, 1.54) is 23.1 Å². The van der Waals surface area contributed by atoms with Gasteiger partial charge in [0, 0.05) is 17.1 Å². The van der Waals surface area contributed by atoms with E-state index in [1.807, 2.05) is 20.8 Å². The van der Waals surface area contributed by atoms with Crippen LogP contribution in [0.3, 0.4) is 0 Å². The quantitative estimate of drug-likeness (QED) is 0.397. The van der Waals surface area contributed by atoms with Crippen molar-refractivity contribution in [2.75, 3.05) is 17.1 Å². The van der Waals surface area contributed by atoms with Crippen LogP contribution in [0.1, 0.15) is 39.7 Å². The normalized spacial score (nSPS) is 12.7. The van der Waals surface area contributed by atoms with Crippen LogP contribution in [-0.2, 0) is 26.2 Å². The first-order valence-electron chi connectivity index (χ1n) is 11.0. The van der Waals surface area contributed by atoms with Crippen LogP contribution in [0.4, 0.5) is 5.69 Å². The fourth-order valence-electron chi connectivity index (χ4n) is 3.49. The van der Waals surface area contributed by atoms with E-state index in [0.717, 1.165) is 10.6 Å². The maximum Gasteiger partial charge on any atom is 0.244 e. The Morgan fingerprint density at radius 1 is 0.972 bits per heavy atom. The Hall–Kier alpha value is -1.71. The fraction of sp³-hybridized carbons (Fsp3) is 0.417. The third kappa shape index (κ3) is 8.42. The summed E-state index contributed by atoms with van der Waals surface area (Å²) in [5, 5.41) is 3.91. The lowest BCUT2D eigenvalue weighted by Crippen LogP contribution is -2.55. The van der Waals surface area contributed by atoms with Gasteiger partial charge in [0.1, 0.15) is 12.6 Å². The first-order valence-corrected chi connectivity index (χ1v) is 14.4. The monoisotopic (exact) mass is 595 g/mol. The van der Waals surface area contributed by atoms with Crippen molar-refractivity contribution in [2.45, 2.75) is 52.2 Å². The molecule has 0 aliphatic heterocycles. The largest absolute Gasteiger partial charge is 0.350 e. The summed E-state index contributed by atoms with van der Waals surface area (Å²) in [6.45, 7) is 6.68. The Bertz CT molecular complexity index is 1230. The van der Waals surface area contributed by atoms with Gasteiger partial charge in [-0.1, -0.05) is 59.4 Å². The Kier molecular flexibility index (Phi) is 10.4. The topological polar surface area (TPSA) is 86.8 Å². The van der Waals surface area contributed by atoms with Crippen molar-refractivity contribution >= 4 is 73.9 Å². The van der Waals surface area contributed by atoms with Gasteiger partial charge in [-0.3, -0.25) is 13.9 Å². The van der Waals surface area contributed by atoms with Crippen LogP contribution in [-0.4, -0.2) is 49.5 Å². The first-order chi connectivity index (χ1) is 16.5. The van der Waals surface area contributed by atoms with E-state index in [1.54, 1.807) is 25.1 Å². The van der Waals surface area contributed by atoms with E-state index in [2.05, 4.69) is 5.32 Å². The first kappa shape index (κ1) is 30.5. The Balaban J connectivity index is 2.52. The molecular weight excluding hydrogens is 568 g/mol.